The number of aromatic nitrogens is 1. The Bertz CT molecular complexity index is 407. The minimum atomic E-state index is -0.821. The van der Waals surface area contributed by atoms with Gasteiger partial charge < -0.3 is 10.3 Å². The zero-order valence-electron chi connectivity index (χ0n) is 9.13. The van der Waals surface area contributed by atoms with E-state index in [1.807, 2.05) is 32.3 Å². The van der Waals surface area contributed by atoms with Crippen molar-refractivity contribution < 1.29 is 9.59 Å². The van der Waals surface area contributed by atoms with E-state index in [9.17, 15) is 9.59 Å². The Morgan fingerprint density at radius 2 is 2.00 bits per heavy atom. The van der Waals surface area contributed by atoms with Crippen molar-refractivity contribution in [1.82, 2.24) is 9.88 Å². The minimum Gasteiger partial charge on any atom is -0.351 e. The highest BCUT2D eigenvalue weighted by Crippen LogP contribution is 2.13. The van der Waals surface area contributed by atoms with Gasteiger partial charge in [0.05, 0.1) is 0 Å². The van der Waals surface area contributed by atoms with E-state index < -0.39 is 11.9 Å². The van der Waals surface area contributed by atoms with Gasteiger partial charge in [-0.1, -0.05) is 0 Å². The van der Waals surface area contributed by atoms with Crippen LogP contribution in [-0.2, 0) is 11.3 Å². The molecule has 0 atom stereocenters. The highest BCUT2D eigenvalue weighted by molar-refractivity contribution is 5.93. The van der Waals surface area contributed by atoms with Crippen LogP contribution in [0.1, 0.15) is 16.8 Å². The molecule has 0 saturated heterocycles. The van der Waals surface area contributed by atoms with E-state index in [-0.39, 0.29) is 6.54 Å². The Balaban J connectivity index is 2.77. The van der Waals surface area contributed by atoms with Crippen molar-refractivity contribution in [3.63, 3.8) is 0 Å². The molecule has 5 heteroatoms. The molecule has 0 fully saturated rings. The molecule has 0 spiro atoms. The summed E-state index contributed by atoms with van der Waals surface area (Å²) >= 11 is 0. The molecule has 1 rings (SSSR count). The van der Waals surface area contributed by atoms with Gasteiger partial charge in [0.2, 0.25) is 5.91 Å². The number of carbonyl (C=O) groups excluding carboxylic acids is 2. The fourth-order valence-corrected chi connectivity index (χ4v) is 1.42. The van der Waals surface area contributed by atoms with E-state index in [0.717, 1.165) is 16.8 Å². The number of primary amides is 1. The molecule has 1 heterocycles. The first-order chi connectivity index (χ1) is 6.91. The number of rotatable bonds is 2. The predicted molar refractivity (Wildman–Crippen MR) is 56.4 cm³/mol. The summed E-state index contributed by atoms with van der Waals surface area (Å²) in [6.45, 7) is 6.02. The van der Waals surface area contributed by atoms with E-state index in [2.05, 4.69) is 0 Å². The van der Waals surface area contributed by atoms with Crippen molar-refractivity contribution in [3.8, 4) is 0 Å². The van der Waals surface area contributed by atoms with Crippen LogP contribution in [0.2, 0.25) is 0 Å². The topological polar surface area (TPSA) is 77.1 Å². The van der Waals surface area contributed by atoms with Gasteiger partial charge in [-0.3, -0.25) is 10.1 Å². The van der Waals surface area contributed by atoms with Crippen molar-refractivity contribution in [2.75, 3.05) is 0 Å². The average molecular weight is 209 g/mol. The SMILES string of the molecule is Cc1cn(CC(=O)NC(N)=O)c(C)c1C. The zero-order chi connectivity index (χ0) is 11.6. The largest absolute Gasteiger partial charge is 0.351 e. The summed E-state index contributed by atoms with van der Waals surface area (Å²) in [5.41, 5.74) is 8.14. The van der Waals surface area contributed by atoms with Crippen LogP contribution in [0.3, 0.4) is 0 Å². The van der Waals surface area contributed by atoms with Crippen molar-refractivity contribution in [3.05, 3.63) is 23.0 Å². The lowest BCUT2D eigenvalue weighted by atomic mass is 10.2. The first-order valence-electron chi connectivity index (χ1n) is 4.64. The smallest absolute Gasteiger partial charge is 0.318 e. The van der Waals surface area contributed by atoms with Crippen LogP contribution in [-0.4, -0.2) is 16.5 Å². The van der Waals surface area contributed by atoms with Crippen LogP contribution in [0.25, 0.3) is 0 Å². The Hall–Kier alpha value is -1.78. The van der Waals surface area contributed by atoms with Gasteiger partial charge in [0.25, 0.3) is 0 Å². The molecule has 0 aliphatic carbocycles. The number of nitrogens with two attached hydrogens (primary N) is 1. The minimum absolute atomic E-state index is 0.115. The van der Waals surface area contributed by atoms with Gasteiger partial charge >= 0.3 is 6.03 Å². The third-order valence-electron chi connectivity index (χ3n) is 2.49. The second-order valence-corrected chi connectivity index (χ2v) is 3.56. The summed E-state index contributed by atoms with van der Waals surface area (Å²) in [5.74, 6) is -0.402. The molecular formula is C10H15N3O2. The molecule has 0 saturated carbocycles. The standard InChI is InChI=1S/C10H15N3O2/c1-6-4-13(8(3)7(6)2)5-9(14)12-10(11)15/h4H,5H2,1-3H3,(H3,11,12,14,15). The first-order valence-corrected chi connectivity index (χ1v) is 4.64. The van der Waals surface area contributed by atoms with Crippen LogP contribution in [0, 0.1) is 20.8 Å². The summed E-state index contributed by atoms with van der Waals surface area (Å²) in [5, 5.41) is 2.03. The number of urea groups is 1. The van der Waals surface area contributed by atoms with Gasteiger partial charge in [-0.05, 0) is 31.9 Å². The Morgan fingerprint density at radius 3 is 2.40 bits per heavy atom. The lowest BCUT2D eigenvalue weighted by Gasteiger charge is -2.05. The van der Waals surface area contributed by atoms with Crippen LogP contribution in [0.15, 0.2) is 6.20 Å². The summed E-state index contributed by atoms with van der Waals surface area (Å²) < 4.78 is 1.79. The number of carbonyl (C=O) groups is 2. The van der Waals surface area contributed by atoms with Crippen LogP contribution < -0.4 is 11.1 Å². The molecule has 3 N–H and O–H groups in total. The predicted octanol–water partition coefficient (Wildman–Crippen LogP) is 0.608. The first kappa shape index (κ1) is 11.3. The third-order valence-corrected chi connectivity index (χ3v) is 2.49. The van der Waals surface area contributed by atoms with Gasteiger partial charge in [0.1, 0.15) is 6.54 Å². The Kier molecular flexibility index (Phi) is 3.14. The van der Waals surface area contributed by atoms with Gasteiger partial charge in [-0.25, -0.2) is 4.79 Å². The number of hydrogen-bond donors (Lipinski definition) is 2. The molecule has 0 radical (unpaired) electrons. The molecule has 0 unspecified atom stereocenters. The fraction of sp³-hybridized carbons (Fsp3) is 0.400. The maximum atomic E-state index is 11.3. The van der Waals surface area contributed by atoms with Gasteiger partial charge in [-0.2, -0.15) is 0 Å². The molecule has 0 aliphatic heterocycles. The second kappa shape index (κ2) is 4.16. The summed E-state index contributed by atoms with van der Waals surface area (Å²) in [6, 6.07) is -0.821. The van der Waals surface area contributed by atoms with Gasteiger partial charge in [0, 0.05) is 11.9 Å². The van der Waals surface area contributed by atoms with Crippen LogP contribution in [0.5, 0.6) is 0 Å². The number of imide groups is 1. The lowest BCUT2D eigenvalue weighted by Crippen LogP contribution is -2.37. The fourth-order valence-electron chi connectivity index (χ4n) is 1.42. The molecule has 0 aliphatic rings. The highest BCUT2D eigenvalue weighted by Gasteiger charge is 2.09. The summed E-state index contributed by atoms with van der Waals surface area (Å²) in [7, 11) is 0. The van der Waals surface area contributed by atoms with Crippen LogP contribution in [0.4, 0.5) is 4.79 Å². The van der Waals surface area contributed by atoms with E-state index in [1.54, 1.807) is 4.57 Å². The number of nitrogens with one attached hydrogen (secondary N) is 1. The molecule has 0 aromatic carbocycles. The van der Waals surface area contributed by atoms with E-state index in [1.165, 1.54) is 0 Å². The molecule has 82 valence electrons. The molecule has 1 aromatic rings. The average Bonchev–Trinajstić information content (AvgIpc) is 2.32. The van der Waals surface area contributed by atoms with Crippen LogP contribution >= 0.6 is 0 Å². The van der Waals surface area contributed by atoms with Crippen molar-refractivity contribution in [1.29, 1.82) is 0 Å². The molecule has 3 amide bonds. The molecule has 0 bridgehead atoms. The number of amides is 3. The normalized spacial score (nSPS) is 10.1. The van der Waals surface area contributed by atoms with Gasteiger partial charge in [-0.15, -0.1) is 0 Å². The van der Waals surface area contributed by atoms with Crippen molar-refractivity contribution in [2.24, 2.45) is 5.73 Å². The zero-order valence-corrected chi connectivity index (χ0v) is 9.13. The summed E-state index contributed by atoms with van der Waals surface area (Å²) in [4.78, 5) is 21.7. The highest BCUT2D eigenvalue weighted by atomic mass is 16.2. The summed E-state index contributed by atoms with van der Waals surface area (Å²) in [6.07, 6.45) is 1.88. The molecular weight excluding hydrogens is 194 g/mol. The molecule has 1 aromatic heterocycles. The Morgan fingerprint density at radius 1 is 1.40 bits per heavy atom. The third kappa shape index (κ3) is 2.59. The van der Waals surface area contributed by atoms with E-state index in [4.69, 9.17) is 5.73 Å². The van der Waals surface area contributed by atoms with Crippen molar-refractivity contribution >= 4 is 11.9 Å². The number of nitrogens with zero attached hydrogens (tertiary/aromatic N) is 1. The van der Waals surface area contributed by atoms with Gasteiger partial charge in [0.15, 0.2) is 0 Å². The van der Waals surface area contributed by atoms with E-state index in [0.29, 0.717) is 0 Å². The Labute approximate surface area is 88.3 Å². The molecule has 15 heavy (non-hydrogen) atoms. The monoisotopic (exact) mass is 209 g/mol. The number of aryl methyl sites for hydroxylation is 1. The van der Waals surface area contributed by atoms with Crippen molar-refractivity contribution in [2.45, 2.75) is 27.3 Å². The maximum Gasteiger partial charge on any atom is 0.318 e. The quantitative estimate of drug-likeness (QED) is 0.748. The maximum absolute atomic E-state index is 11.3. The number of hydrogen-bond acceptors (Lipinski definition) is 2. The van der Waals surface area contributed by atoms with E-state index >= 15 is 0 Å². The lowest BCUT2D eigenvalue weighted by molar-refractivity contribution is -0.120. The second-order valence-electron chi connectivity index (χ2n) is 3.56. The molecule has 5 nitrogen and oxygen atoms in total.